The van der Waals surface area contributed by atoms with Crippen LogP contribution in [-0.4, -0.2) is 24.4 Å². The van der Waals surface area contributed by atoms with Gasteiger partial charge in [0.25, 0.3) is 0 Å². The fourth-order valence-electron chi connectivity index (χ4n) is 2.89. The molecule has 0 radical (unpaired) electrons. The molecule has 0 bridgehead atoms. The number of nitrogens with one attached hydrogen (secondary N) is 2. The number of rotatable bonds is 7. The summed E-state index contributed by atoms with van der Waals surface area (Å²) in [5.74, 6) is 0.937. The molecule has 1 atom stereocenters. The van der Waals surface area contributed by atoms with Gasteiger partial charge in [0, 0.05) is 22.1 Å². The first-order valence-electron chi connectivity index (χ1n) is 8.73. The molecular formula is C20H22N2O3S2. The minimum atomic E-state index is -0.480. The molecule has 2 N–H and O–H groups in total. The third kappa shape index (κ3) is 4.73. The van der Waals surface area contributed by atoms with Gasteiger partial charge in [0.05, 0.1) is 18.2 Å². The number of thiophene rings is 1. The van der Waals surface area contributed by atoms with E-state index in [2.05, 4.69) is 29.7 Å². The number of hydrogen-bond acceptors (Lipinski definition) is 5. The van der Waals surface area contributed by atoms with Crippen LogP contribution in [0, 0.1) is 6.92 Å². The Balaban J connectivity index is 1.84. The van der Waals surface area contributed by atoms with Crippen LogP contribution in [0.15, 0.2) is 53.0 Å². The minimum absolute atomic E-state index is 0.289. The maximum Gasteiger partial charge on any atom is 0.338 e. The van der Waals surface area contributed by atoms with E-state index in [0.717, 1.165) is 10.6 Å². The van der Waals surface area contributed by atoms with Crippen molar-refractivity contribution in [3.8, 4) is 0 Å². The van der Waals surface area contributed by atoms with E-state index in [4.69, 9.17) is 4.74 Å². The Labute approximate surface area is 167 Å². The van der Waals surface area contributed by atoms with Crippen LogP contribution in [0.2, 0.25) is 0 Å². The molecule has 1 aliphatic heterocycles. The predicted molar refractivity (Wildman–Crippen MR) is 110 cm³/mol. The number of ether oxygens (including phenoxy) is 1. The largest absolute Gasteiger partial charge is 0.463 e. The Morgan fingerprint density at radius 1 is 1.22 bits per heavy atom. The van der Waals surface area contributed by atoms with E-state index in [9.17, 15) is 9.59 Å². The molecule has 0 fully saturated rings. The highest BCUT2D eigenvalue weighted by Gasteiger charge is 2.34. The number of amides is 2. The first-order valence-corrected chi connectivity index (χ1v) is 10.8. The number of esters is 1. The molecule has 1 aromatic carbocycles. The highest BCUT2D eigenvalue weighted by atomic mass is 32.2. The van der Waals surface area contributed by atoms with E-state index >= 15 is 0 Å². The molecular weight excluding hydrogens is 380 g/mol. The van der Waals surface area contributed by atoms with Crippen molar-refractivity contribution in [2.45, 2.75) is 25.6 Å². The summed E-state index contributed by atoms with van der Waals surface area (Å²) in [6, 6.07) is 11.3. The summed E-state index contributed by atoms with van der Waals surface area (Å²) in [7, 11) is 0. The lowest BCUT2D eigenvalue weighted by atomic mass is 10.0. The van der Waals surface area contributed by atoms with Crippen LogP contribution in [0.25, 0.3) is 0 Å². The van der Waals surface area contributed by atoms with Gasteiger partial charge < -0.3 is 15.4 Å². The van der Waals surface area contributed by atoms with Gasteiger partial charge in [0.15, 0.2) is 0 Å². The summed E-state index contributed by atoms with van der Waals surface area (Å²) < 4.78 is 5.27. The smallest absolute Gasteiger partial charge is 0.338 e. The van der Waals surface area contributed by atoms with E-state index in [1.807, 2.05) is 29.6 Å². The number of thioether (sulfide) groups is 1. The Bertz CT molecular complexity index is 847. The molecule has 0 aliphatic carbocycles. The molecule has 5 nitrogen and oxygen atoms in total. The van der Waals surface area contributed by atoms with Crippen molar-refractivity contribution in [2.75, 3.05) is 12.4 Å². The molecule has 0 saturated carbocycles. The summed E-state index contributed by atoms with van der Waals surface area (Å²) in [5, 5.41) is 7.59. The lowest BCUT2D eigenvalue weighted by Gasteiger charge is -2.28. The molecule has 0 spiro atoms. The second-order valence-corrected chi connectivity index (χ2v) is 8.04. The van der Waals surface area contributed by atoms with Gasteiger partial charge in [-0.3, -0.25) is 0 Å². The average molecular weight is 403 g/mol. The number of carbonyl (C=O) groups is 2. The molecule has 2 amide bonds. The van der Waals surface area contributed by atoms with Crippen LogP contribution < -0.4 is 10.6 Å². The van der Waals surface area contributed by atoms with Crippen molar-refractivity contribution in [1.82, 2.24) is 10.6 Å². The van der Waals surface area contributed by atoms with Gasteiger partial charge in [0.1, 0.15) is 0 Å². The quantitative estimate of drug-likeness (QED) is 0.683. The van der Waals surface area contributed by atoms with Gasteiger partial charge in [-0.05, 0) is 36.4 Å². The number of benzene rings is 1. The van der Waals surface area contributed by atoms with Crippen molar-refractivity contribution in [2.24, 2.45) is 0 Å². The van der Waals surface area contributed by atoms with Crippen LogP contribution in [0.4, 0.5) is 4.79 Å². The fourth-order valence-corrected chi connectivity index (χ4v) is 4.75. The zero-order chi connectivity index (χ0) is 19.2. The van der Waals surface area contributed by atoms with Gasteiger partial charge in [-0.25, -0.2) is 9.59 Å². The molecule has 0 saturated heterocycles. The number of urea groups is 1. The first kappa shape index (κ1) is 19.5. The molecule has 0 unspecified atom stereocenters. The predicted octanol–water partition coefficient (Wildman–Crippen LogP) is 4.16. The standard InChI is InChI=1S/C20H22N2O3S2/c1-3-25-19(23)17-15(12-26-11-14-8-5-4-7-13(14)2)21-20(24)22-18(17)16-9-6-10-27-16/h4-10,18H,3,11-12H2,1-2H3,(H2,21,22,24)/t18-/m0/s1. The number of hydrogen-bond donors (Lipinski definition) is 2. The van der Waals surface area contributed by atoms with Gasteiger partial charge in [-0.2, -0.15) is 11.8 Å². The molecule has 1 aliphatic rings. The normalized spacial score (nSPS) is 16.7. The molecule has 3 rings (SSSR count). The third-order valence-corrected chi connectivity index (χ3v) is 6.19. The summed E-state index contributed by atoms with van der Waals surface area (Å²) in [4.78, 5) is 25.7. The maximum absolute atomic E-state index is 12.6. The monoisotopic (exact) mass is 402 g/mol. The molecule has 7 heteroatoms. The van der Waals surface area contributed by atoms with Crippen molar-refractivity contribution in [1.29, 1.82) is 0 Å². The molecule has 2 heterocycles. The van der Waals surface area contributed by atoms with Gasteiger partial charge >= 0.3 is 12.0 Å². The Morgan fingerprint density at radius 3 is 2.74 bits per heavy atom. The van der Waals surface area contributed by atoms with E-state index in [0.29, 0.717) is 17.0 Å². The Kier molecular flexibility index (Phi) is 6.58. The summed E-state index contributed by atoms with van der Waals surface area (Å²) in [5.41, 5.74) is 3.58. The molecule has 142 valence electrons. The minimum Gasteiger partial charge on any atom is -0.463 e. The lowest BCUT2D eigenvalue weighted by molar-refractivity contribution is -0.139. The first-order chi connectivity index (χ1) is 13.1. The SMILES string of the molecule is CCOC(=O)C1=C(CSCc2ccccc2C)NC(=O)N[C@H]1c1cccs1. The van der Waals surface area contributed by atoms with Crippen molar-refractivity contribution in [3.05, 3.63) is 69.1 Å². The van der Waals surface area contributed by atoms with E-state index < -0.39 is 12.0 Å². The van der Waals surface area contributed by atoms with Crippen LogP contribution in [0.1, 0.15) is 29.0 Å². The van der Waals surface area contributed by atoms with Crippen molar-refractivity contribution >= 4 is 35.1 Å². The van der Waals surface area contributed by atoms with Crippen molar-refractivity contribution < 1.29 is 14.3 Å². The summed E-state index contributed by atoms with van der Waals surface area (Å²) in [6.45, 7) is 4.15. The van der Waals surface area contributed by atoms with Crippen LogP contribution >= 0.6 is 23.1 Å². The zero-order valence-electron chi connectivity index (χ0n) is 15.3. The lowest BCUT2D eigenvalue weighted by Crippen LogP contribution is -2.46. The Morgan fingerprint density at radius 2 is 2.04 bits per heavy atom. The molecule has 27 heavy (non-hydrogen) atoms. The number of aryl methyl sites for hydroxylation is 1. The maximum atomic E-state index is 12.6. The van der Waals surface area contributed by atoms with Crippen molar-refractivity contribution in [3.63, 3.8) is 0 Å². The molecule has 1 aromatic heterocycles. The van der Waals surface area contributed by atoms with Crippen LogP contribution in [0.3, 0.4) is 0 Å². The highest BCUT2D eigenvalue weighted by molar-refractivity contribution is 7.98. The number of carbonyl (C=O) groups excluding carboxylic acids is 2. The zero-order valence-corrected chi connectivity index (χ0v) is 16.9. The van der Waals surface area contributed by atoms with E-state index in [-0.39, 0.29) is 12.6 Å². The van der Waals surface area contributed by atoms with Gasteiger partial charge in [-0.1, -0.05) is 30.3 Å². The second kappa shape index (κ2) is 9.10. The third-order valence-electron chi connectivity index (χ3n) is 4.24. The fraction of sp³-hybridized carbons (Fsp3) is 0.300. The topological polar surface area (TPSA) is 67.4 Å². The van der Waals surface area contributed by atoms with E-state index in [1.54, 1.807) is 18.7 Å². The van der Waals surface area contributed by atoms with Crippen LogP contribution in [-0.2, 0) is 15.3 Å². The van der Waals surface area contributed by atoms with Gasteiger partial charge in [0.2, 0.25) is 0 Å². The summed E-state index contributed by atoms with van der Waals surface area (Å²) in [6.07, 6.45) is 0. The van der Waals surface area contributed by atoms with E-state index in [1.165, 1.54) is 22.5 Å². The average Bonchev–Trinajstić information content (AvgIpc) is 3.17. The second-order valence-electron chi connectivity index (χ2n) is 6.08. The molecule has 2 aromatic rings. The van der Waals surface area contributed by atoms with Crippen LogP contribution in [0.5, 0.6) is 0 Å². The Hall–Kier alpha value is -2.25. The van der Waals surface area contributed by atoms with Gasteiger partial charge in [-0.15, -0.1) is 11.3 Å². The summed E-state index contributed by atoms with van der Waals surface area (Å²) >= 11 is 3.17. The highest BCUT2D eigenvalue weighted by Crippen LogP contribution is 2.32.